The molecule has 0 amide bonds. The summed E-state index contributed by atoms with van der Waals surface area (Å²) in [5.74, 6) is 0.439. The maximum Gasteiger partial charge on any atom is 0.376 e. The van der Waals surface area contributed by atoms with Crippen LogP contribution in [0.1, 0.15) is 0 Å². The van der Waals surface area contributed by atoms with Crippen LogP contribution >= 0.6 is 0 Å². The van der Waals surface area contributed by atoms with E-state index < -0.39 is 16.0 Å². The summed E-state index contributed by atoms with van der Waals surface area (Å²) in [6, 6.07) is 13.1. The summed E-state index contributed by atoms with van der Waals surface area (Å²) in [5.41, 5.74) is -0.501. The van der Waals surface area contributed by atoms with E-state index in [4.69, 9.17) is 9.15 Å². The van der Waals surface area contributed by atoms with Gasteiger partial charge >= 0.3 is 5.69 Å². The maximum atomic E-state index is 12.3. The number of anilines is 2. The van der Waals surface area contributed by atoms with Crippen LogP contribution in [-0.4, -0.2) is 12.0 Å². The molecule has 3 rings (SSSR count). The minimum atomic E-state index is -0.746. The number of benzene rings is 2. The maximum absolute atomic E-state index is 12.3. The van der Waals surface area contributed by atoms with Crippen molar-refractivity contribution in [3.63, 3.8) is 0 Å². The van der Waals surface area contributed by atoms with Crippen LogP contribution in [0.25, 0.3) is 11.0 Å². The van der Waals surface area contributed by atoms with Crippen LogP contribution in [0.4, 0.5) is 17.3 Å². The standard InChI is InChI=1S/C16H12N2O5/c1-22-11-8-6-10(7-9-11)17-16-14(18(20)21)15(19)12-4-2-3-5-13(12)23-16/h2-9,17H,1H3. The first-order chi connectivity index (χ1) is 11.1. The number of nitrogens with one attached hydrogen (secondary N) is 1. The third-order valence-corrected chi connectivity index (χ3v) is 3.30. The van der Waals surface area contributed by atoms with Gasteiger partial charge in [-0.1, -0.05) is 12.1 Å². The molecule has 1 N–H and O–H groups in total. The van der Waals surface area contributed by atoms with E-state index in [-0.39, 0.29) is 16.9 Å². The lowest BCUT2D eigenvalue weighted by Crippen LogP contribution is -2.11. The third-order valence-electron chi connectivity index (χ3n) is 3.30. The fourth-order valence-electron chi connectivity index (χ4n) is 2.19. The van der Waals surface area contributed by atoms with Crippen molar-refractivity contribution in [1.29, 1.82) is 0 Å². The number of fused-ring (bicyclic) bond motifs is 1. The molecular weight excluding hydrogens is 300 g/mol. The van der Waals surface area contributed by atoms with Gasteiger partial charge in [-0.3, -0.25) is 14.9 Å². The van der Waals surface area contributed by atoms with Gasteiger partial charge in [0.15, 0.2) is 0 Å². The van der Waals surface area contributed by atoms with Crippen LogP contribution in [0.3, 0.4) is 0 Å². The Morgan fingerprint density at radius 2 is 1.83 bits per heavy atom. The summed E-state index contributed by atoms with van der Waals surface area (Å²) in [7, 11) is 1.54. The highest BCUT2D eigenvalue weighted by Crippen LogP contribution is 2.29. The van der Waals surface area contributed by atoms with Gasteiger partial charge in [-0.05, 0) is 36.4 Å². The Morgan fingerprint density at radius 1 is 1.13 bits per heavy atom. The number of hydrogen-bond acceptors (Lipinski definition) is 6. The molecular formula is C16H12N2O5. The van der Waals surface area contributed by atoms with Crippen molar-refractivity contribution in [3.8, 4) is 5.75 Å². The number of para-hydroxylation sites is 1. The van der Waals surface area contributed by atoms with Gasteiger partial charge in [-0.15, -0.1) is 0 Å². The van der Waals surface area contributed by atoms with Crippen LogP contribution in [0.5, 0.6) is 5.75 Å². The molecule has 0 aliphatic rings. The van der Waals surface area contributed by atoms with Gasteiger partial charge in [0.05, 0.1) is 17.4 Å². The normalized spacial score (nSPS) is 10.5. The zero-order valence-corrected chi connectivity index (χ0v) is 12.1. The van der Waals surface area contributed by atoms with E-state index in [0.717, 1.165) is 0 Å². The van der Waals surface area contributed by atoms with E-state index in [0.29, 0.717) is 11.4 Å². The lowest BCUT2D eigenvalue weighted by molar-refractivity contribution is -0.385. The molecule has 116 valence electrons. The molecule has 0 spiro atoms. The van der Waals surface area contributed by atoms with Crippen molar-refractivity contribution >= 4 is 28.2 Å². The van der Waals surface area contributed by atoms with Gasteiger partial charge in [-0.25, -0.2) is 0 Å². The molecule has 7 heteroatoms. The number of methoxy groups -OCH3 is 1. The molecule has 7 nitrogen and oxygen atoms in total. The second kappa shape index (κ2) is 5.80. The zero-order chi connectivity index (χ0) is 16.4. The molecule has 0 saturated carbocycles. The number of rotatable bonds is 4. The van der Waals surface area contributed by atoms with Crippen molar-refractivity contribution in [2.24, 2.45) is 0 Å². The van der Waals surface area contributed by atoms with Crippen LogP contribution in [0.2, 0.25) is 0 Å². The Balaban J connectivity index is 2.13. The van der Waals surface area contributed by atoms with Crippen molar-refractivity contribution < 1.29 is 14.1 Å². The summed E-state index contributed by atoms with van der Waals surface area (Å²) in [5, 5.41) is 14.2. The van der Waals surface area contributed by atoms with Crippen LogP contribution < -0.4 is 15.5 Å². The number of hydrogen-bond donors (Lipinski definition) is 1. The zero-order valence-electron chi connectivity index (χ0n) is 12.1. The topological polar surface area (TPSA) is 94.6 Å². The van der Waals surface area contributed by atoms with Gasteiger partial charge in [0.1, 0.15) is 11.3 Å². The third kappa shape index (κ3) is 2.71. The molecule has 0 aliphatic carbocycles. The van der Waals surface area contributed by atoms with E-state index in [1.54, 1.807) is 42.5 Å². The highest BCUT2D eigenvalue weighted by Gasteiger charge is 2.24. The fraction of sp³-hybridized carbons (Fsp3) is 0.0625. The second-order valence-electron chi connectivity index (χ2n) is 4.72. The highest BCUT2D eigenvalue weighted by molar-refractivity contribution is 5.82. The summed E-state index contributed by atoms with van der Waals surface area (Å²) >= 11 is 0. The van der Waals surface area contributed by atoms with E-state index >= 15 is 0 Å². The Kier molecular flexibility index (Phi) is 3.68. The summed E-state index contributed by atoms with van der Waals surface area (Å²) in [6.45, 7) is 0. The molecule has 0 saturated heterocycles. The van der Waals surface area contributed by atoms with Gasteiger partial charge in [0.25, 0.3) is 11.3 Å². The molecule has 0 atom stereocenters. The molecule has 0 unspecified atom stereocenters. The number of ether oxygens (including phenoxy) is 1. The number of nitrogens with zero attached hydrogens (tertiary/aromatic N) is 1. The minimum absolute atomic E-state index is 0.166. The Hall–Kier alpha value is -3.35. The summed E-state index contributed by atoms with van der Waals surface area (Å²) in [6.07, 6.45) is 0. The van der Waals surface area contributed by atoms with Gasteiger partial charge in [0, 0.05) is 5.69 Å². The molecule has 0 fully saturated rings. The van der Waals surface area contributed by atoms with E-state index in [9.17, 15) is 14.9 Å². The fourth-order valence-corrected chi connectivity index (χ4v) is 2.19. The molecule has 1 heterocycles. The number of nitro groups is 1. The highest BCUT2D eigenvalue weighted by atomic mass is 16.6. The van der Waals surface area contributed by atoms with Gasteiger partial charge in [-0.2, -0.15) is 0 Å². The van der Waals surface area contributed by atoms with Crippen LogP contribution in [-0.2, 0) is 0 Å². The molecule has 3 aromatic rings. The first-order valence-electron chi connectivity index (χ1n) is 6.71. The predicted molar refractivity (Wildman–Crippen MR) is 85.4 cm³/mol. The molecule has 1 aromatic heterocycles. The molecule has 23 heavy (non-hydrogen) atoms. The smallest absolute Gasteiger partial charge is 0.376 e. The van der Waals surface area contributed by atoms with Crippen molar-refractivity contribution in [2.45, 2.75) is 0 Å². The summed E-state index contributed by atoms with van der Waals surface area (Å²) in [4.78, 5) is 22.8. The molecule has 0 aliphatic heterocycles. The van der Waals surface area contributed by atoms with Crippen LogP contribution in [0, 0.1) is 10.1 Å². The SMILES string of the molecule is COc1ccc(Nc2oc3ccccc3c(=O)c2[N+](=O)[O-])cc1. The lowest BCUT2D eigenvalue weighted by atomic mass is 10.2. The van der Waals surface area contributed by atoms with Crippen molar-refractivity contribution in [3.05, 3.63) is 68.9 Å². The lowest BCUT2D eigenvalue weighted by Gasteiger charge is -2.08. The van der Waals surface area contributed by atoms with E-state index in [1.165, 1.54) is 13.2 Å². The Labute approximate surface area is 130 Å². The second-order valence-corrected chi connectivity index (χ2v) is 4.72. The first-order valence-corrected chi connectivity index (χ1v) is 6.71. The predicted octanol–water partition coefficient (Wildman–Crippen LogP) is 3.45. The van der Waals surface area contributed by atoms with E-state index in [1.807, 2.05) is 0 Å². The first kappa shape index (κ1) is 14.6. The van der Waals surface area contributed by atoms with E-state index in [2.05, 4.69) is 5.32 Å². The Morgan fingerprint density at radius 3 is 2.48 bits per heavy atom. The monoisotopic (exact) mass is 312 g/mol. The summed E-state index contributed by atoms with van der Waals surface area (Å²) < 4.78 is 10.6. The van der Waals surface area contributed by atoms with Gasteiger partial charge < -0.3 is 14.5 Å². The molecule has 0 radical (unpaired) electrons. The molecule has 2 aromatic carbocycles. The largest absolute Gasteiger partial charge is 0.497 e. The molecule has 0 bridgehead atoms. The Bertz CT molecular complexity index is 931. The average Bonchev–Trinajstić information content (AvgIpc) is 2.55. The minimum Gasteiger partial charge on any atom is -0.497 e. The van der Waals surface area contributed by atoms with Crippen molar-refractivity contribution in [2.75, 3.05) is 12.4 Å². The van der Waals surface area contributed by atoms with Gasteiger partial charge in [0.2, 0.25) is 0 Å². The quantitative estimate of drug-likeness (QED) is 0.585. The van der Waals surface area contributed by atoms with Crippen LogP contribution in [0.15, 0.2) is 57.7 Å². The average molecular weight is 312 g/mol. The van der Waals surface area contributed by atoms with Crippen molar-refractivity contribution in [1.82, 2.24) is 0 Å².